The van der Waals surface area contributed by atoms with Crippen LogP contribution >= 0.6 is 11.6 Å². The number of fused-ring (bicyclic) bond motifs is 1. The highest BCUT2D eigenvalue weighted by Gasteiger charge is 2.16. The zero-order valence-corrected chi connectivity index (χ0v) is 17.9. The van der Waals surface area contributed by atoms with Gasteiger partial charge < -0.3 is 15.1 Å². The number of alkyl halides is 1. The van der Waals surface area contributed by atoms with Gasteiger partial charge in [0.15, 0.2) is 0 Å². The lowest BCUT2D eigenvalue weighted by Crippen LogP contribution is -2.28. The van der Waals surface area contributed by atoms with Gasteiger partial charge in [-0.25, -0.2) is 4.99 Å². The summed E-state index contributed by atoms with van der Waals surface area (Å²) in [6.45, 7) is 8.55. The number of halogens is 1. The largest absolute Gasteiger partial charge is 0.383 e. The van der Waals surface area contributed by atoms with Crippen LogP contribution in [0.3, 0.4) is 0 Å². The Morgan fingerprint density at radius 2 is 2.04 bits per heavy atom. The van der Waals surface area contributed by atoms with E-state index in [0.29, 0.717) is 0 Å². The van der Waals surface area contributed by atoms with Crippen molar-refractivity contribution in [3.05, 3.63) is 53.8 Å². The molecule has 0 saturated carbocycles. The SMILES string of the molecule is CCN(CC)CCNc1cccc2c1C=CCC(N(C)C1=CCC(Cl)C=C1)=N2. The summed E-state index contributed by atoms with van der Waals surface area (Å²) in [5.74, 6) is 1.04. The standard InChI is InChI=1S/C23H31ClN4/c1-4-28(5-2)17-16-25-21-9-7-10-22-20(21)8-6-11-23(26-22)27(3)19-14-12-18(24)13-15-19/h6-10,12,14-15,18,25H,4-5,11,13,16-17H2,1-3H3. The number of aliphatic imine (C=N–C) groups is 1. The molecule has 0 spiro atoms. The number of hydrogen-bond donors (Lipinski definition) is 1. The molecule has 1 N–H and O–H groups in total. The van der Waals surface area contributed by atoms with Crippen molar-refractivity contribution in [3.63, 3.8) is 0 Å². The van der Waals surface area contributed by atoms with E-state index < -0.39 is 0 Å². The minimum Gasteiger partial charge on any atom is -0.383 e. The molecule has 28 heavy (non-hydrogen) atoms. The monoisotopic (exact) mass is 398 g/mol. The number of rotatable bonds is 7. The zero-order valence-electron chi connectivity index (χ0n) is 17.2. The molecule has 0 amide bonds. The van der Waals surface area contributed by atoms with Gasteiger partial charge in [-0.3, -0.25) is 0 Å². The van der Waals surface area contributed by atoms with E-state index in [1.165, 1.54) is 5.56 Å². The van der Waals surface area contributed by atoms with E-state index >= 15 is 0 Å². The number of nitrogens with one attached hydrogen (secondary N) is 1. The second kappa shape index (κ2) is 9.94. The summed E-state index contributed by atoms with van der Waals surface area (Å²) >= 11 is 6.16. The molecular weight excluding hydrogens is 368 g/mol. The lowest BCUT2D eigenvalue weighted by molar-refractivity contribution is 0.316. The van der Waals surface area contributed by atoms with Crippen LogP contribution in [0.25, 0.3) is 6.08 Å². The highest BCUT2D eigenvalue weighted by molar-refractivity contribution is 6.22. The van der Waals surface area contributed by atoms with Crippen LogP contribution < -0.4 is 5.32 Å². The molecule has 2 aliphatic rings. The van der Waals surface area contributed by atoms with Crippen molar-refractivity contribution in [2.24, 2.45) is 4.99 Å². The van der Waals surface area contributed by atoms with Crippen LogP contribution in [0.4, 0.5) is 11.4 Å². The van der Waals surface area contributed by atoms with Crippen LogP contribution in [-0.2, 0) is 0 Å². The number of likely N-dealkylation sites (N-methyl/N-ethyl adjacent to an activating group) is 2. The Balaban J connectivity index is 1.76. The smallest absolute Gasteiger partial charge is 0.113 e. The lowest BCUT2D eigenvalue weighted by atomic mass is 10.1. The molecule has 1 aliphatic heterocycles. The van der Waals surface area contributed by atoms with E-state index in [1.807, 2.05) is 6.08 Å². The van der Waals surface area contributed by atoms with E-state index in [1.54, 1.807) is 0 Å². The van der Waals surface area contributed by atoms with Gasteiger partial charge in [0.05, 0.1) is 11.1 Å². The highest BCUT2D eigenvalue weighted by Crippen LogP contribution is 2.31. The quantitative estimate of drug-likeness (QED) is 0.634. The molecule has 1 aromatic rings. The molecule has 0 aromatic heterocycles. The first-order valence-corrected chi connectivity index (χ1v) is 10.7. The van der Waals surface area contributed by atoms with E-state index in [-0.39, 0.29) is 5.38 Å². The fourth-order valence-corrected chi connectivity index (χ4v) is 3.69. The molecule has 0 bridgehead atoms. The van der Waals surface area contributed by atoms with Crippen LogP contribution in [0, 0.1) is 0 Å². The van der Waals surface area contributed by atoms with Crippen LogP contribution in [-0.4, -0.2) is 54.2 Å². The first-order valence-electron chi connectivity index (χ1n) is 10.2. The van der Waals surface area contributed by atoms with E-state index in [0.717, 1.165) is 61.9 Å². The highest BCUT2D eigenvalue weighted by atomic mass is 35.5. The summed E-state index contributed by atoms with van der Waals surface area (Å²) in [4.78, 5) is 9.58. The van der Waals surface area contributed by atoms with Gasteiger partial charge in [0.25, 0.3) is 0 Å². The molecule has 150 valence electrons. The van der Waals surface area contributed by atoms with Crippen molar-refractivity contribution >= 4 is 34.9 Å². The van der Waals surface area contributed by atoms with Gasteiger partial charge in [0.1, 0.15) is 5.84 Å². The van der Waals surface area contributed by atoms with Crippen molar-refractivity contribution in [2.75, 3.05) is 38.5 Å². The van der Waals surface area contributed by atoms with Crippen LogP contribution in [0.15, 0.2) is 53.2 Å². The predicted octanol–water partition coefficient (Wildman–Crippen LogP) is 5.27. The fourth-order valence-electron chi connectivity index (χ4n) is 3.53. The summed E-state index contributed by atoms with van der Waals surface area (Å²) in [7, 11) is 2.08. The van der Waals surface area contributed by atoms with Crippen molar-refractivity contribution in [1.82, 2.24) is 9.80 Å². The number of benzene rings is 1. The molecule has 0 fully saturated rings. The third-order valence-corrected chi connectivity index (χ3v) is 5.68. The third kappa shape index (κ3) is 5.06. The Kier molecular flexibility index (Phi) is 7.35. The molecule has 0 saturated heterocycles. The van der Waals surface area contributed by atoms with Gasteiger partial charge in [-0.15, -0.1) is 11.6 Å². The Morgan fingerprint density at radius 1 is 1.21 bits per heavy atom. The molecule has 1 atom stereocenters. The number of hydrogen-bond acceptors (Lipinski definition) is 4. The minimum absolute atomic E-state index is 0.0961. The average Bonchev–Trinajstić information content (AvgIpc) is 2.94. The minimum atomic E-state index is 0.0961. The van der Waals surface area contributed by atoms with Crippen molar-refractivity contribution in [3.8, 4) is 0 Å². The van der Waals surface area contributed by atoms with Crippen molar-refractivity contribution in [1.29, 1.82) is 0 Å². The Bertz CT molecular complexity index is 790. The summed E-state index contributed by atoms with van der Waals surface area (Å²) in [6.07, 6.45) is 12.4. The van der Waals surface area contributed by atoms with Gasteiger partial charge in [-0.05, 0) is 37.7 Å². The van der Waals surface area contributed by atoms with Crippen LogP contribution in [0.2, 0.25) is 0 Å². The molecule has 5 heteroatoms. The molecule has 3 rings (SSSR count). The fraction of sp³-hybridized carbons (Fsp3) is 0.435. The molecule has 0 radical (unpaired) electrons. The molecule has 1 aromatic carbocycles. The first kappa shape index (κ1) is 20.7. The summed E-state index contributed by atoms with van der Waals surface area (Å²) < 4.78 is 0. The average molecular weight is 399 g/mol. The van der Waals surface area contributed by atoms with Gasteiger partial charge in [0, 0.05) is 43.5 Å². The lowest BCUT2D eigenvalue weighted by Gasteiger charge is -2.24. The number of anilines is 1. The van der Waals surface area contributed by atoms with Crippen LogP contribution in [0.1, 0.15) is 32.3 Å². The first-order chi connectivity index (χ1) is 13.6. The molecular formula is C23H31ClN4. The summed E-state index contributed by atoms with van der Waals surface area (Å²) in [5.41, 5.74) is 4.48. The normalized spacial score (nSPS) is 18.4. The van der Waals surface area contributed by atoms with Crippen LogP contribution in [0.5, 0.6) is 0 Å². The van der Waals surface area contributed by atoms with Gasteiger partial charge in [-0.2, -0.15) is 0 Å². The maximum Gasteiger partial charge on any atom is 0.113 e. The molecule has 4 nitrogen and oxygen atoms in total. The Hall–Kier alpha value is -2.04. The van der Waals surface area contributed by atoms with E-state index in [9.17, 15) is 0 Å². The molecule has 1 aliphatic carbocycles. The topological polar surface area (TPSA) is 30.9 Å². The second-order valence-electron chi connectivity index (χ2n) is 7.13. The van der Waals surface area contributed by atoms with Gasteiger partial charge in [-0.1, -0.05) is 44.2 Å². The van der Waals surface area contributed by atoms with E-state index in [4.69, 9.17) is 16.6 Å². The zero-order chi connectivity index (χ0) is 19.9. The second-order valence-corrected chi connectivity index (χ2v) is 7.69. The number of nitrogens with zero attached hydrogens (tertiary/aromatic N) is 3. The number of amidine groups is 1. The van der Waals surface area contributed by atoms with Crippen molar-refractivity contribution in [2.45, 2.75) is 32.1 Å². The maximum atomic E-state index is 6.16. The third-order valence-electron chi connectivity index (χ3n) is 5.36. The Labute approximate surface area is 174 Å². The van der Waals surface area contributed by atoms with Gasteiger partial charge >= 0.3 is 0 Å². The Morgan fingerprint density at radius 3 is 2.75 bits per heavy atom. The molecule has 1 unspecified atom stereocenters. The number of allylic oxidation sites excluding steroid dienone is 3. The van der Waals surface area contributed by atoms with Gasteiger partial charge in [0.2, 0.25) is 0 Å². The van der Waals surface area contributed by atoms with Crippen molar-refractivity contribution < 1.29 is 0 Å². The summed E-state index contributed by atoms with van der Waals surface area (Å²) in [5, 5.41) is 3.70. The molecule has 1 heterocycles. The van der Waals surface area contributed by atoms with E-state index in [2.05, 4.69) is 78.5 Å². The summed E-state index contributed by atoms with van der Waals surface area (Å²) in [6, 6.07) is 6.31. The maximum absolute atomic E-state index is 6.16. The predicted molar refractivity (Wildman–Crippen MR) is 123 cm³/mol.